The second-order valence-corrected chi connectivity index (χ2v) is 3.38. The second kappa shape index (κ2) is 6.70. The minimum absolute atomic E-state index is 0.0899. The fourth-order valence-electron chi connectivity index (χ4n) is 1.16. The van der Waals surface area contributed by atoms with E-state index in [1.54, 1.807) is 0 Å². The zero-order valence-corrected chi connectivity index (χ0v) is 9.77. The molecule has 18 heavy (non-hydrogen) atoms. The summed E-state index contributed by atoms with van der Waals surface area (Å²) in [6.45, 7) is 1.80. The first-order valence-electron chi connectivity index (χ1n) is 5.21. The van der Waals surface area contributed by atoms with E-state index in [1.807, 2.05) is 4.98 Å². The van der Waals surface area contributed by atoms with Gasteiger partial charge in [-0.2, -0.15) is 4.39 Å². The standard InChI is InChI=1S/C10H13FN2O5/c1-7(14)18-5-4-17-3-2-13-6-8(11)9(15)12-10(13)16/h6H,2-5H2,1H3,(H,12,15,16). The van der Waals surface area contributed by atoms with Gasteiger partial charge in [0.1, 0.15) is 6.61 Å². The lowest BCUT2D eigenvalue weighted by atomic mass is 10.5. The van der Waals surface area contributed by atoms with Crippen molar-refractivity contribution in [1.82, 2.24) is 9.55 Å². The topological polar surface area (TPSA) is 90.4 Å². The van der Waals surface area contributed by atoms with Crippen molar-refractivity contribution in [2.75, 3.05) is 19.8 Å². The molecule has 0 spiro atoms. The third-order valence-corrected chi connectivity index (χ3v) is 1.98. The lowest BCUT2D eigenvalue weighted by molar-refractivity contribution is -0.142. The molecule has 0 unspecified atom stereocenters. The number of aromatic nitrogens is 2. The maximum atomic E-state index is 12.9. The lowest BCUT2D eigenvalue weighted by Gasteiger charge is -2.06. The van der Waals surface area contributed by atoms with E-state index in [0.717, 1.165) is 10.8 Å². The highest BCUT2D eigenvalue weighted by molar-refractivity contribution is 5.65. The second-order valence-electron chi connectivity index (χ2n) is 3.38. The van der Waals surface area contributed by atoms with E-state index >= 15 is 0 Å². The van der Waals surface area contributed by atoms with Crippen molar-refractivity contribution in [2.24, 2.45) is 0 Å². The SMILES string of the molecule is CC(=O)OCCOCCn1cc(F)c(=O)[nH]c1=O. The van der Waals surface area contributed by atoms with E-state index in [2.05, 4.69) is 4.74 Å². The summed E-state index contributed by atoms with van der Waals surface area (Å²) >= 11 is 0. The number of hydrogen-bond donors (Lipinski definition) is 1. The molecule has 0 aliphatic rings. The van der Waals surface area contributed by atoms with Crippen molar-refractivity contribution in [1.29, 1.82) is 0 Å². The van der Waals surface area contributed by atoms with Crippen LogP contribution in [0.25, 0.3) is 0 Å². The molecule has 1 heterocycles. The van der Waals surface area contributed by atoms with E-state index < -0.39 is 23.0 Å². The predicted molar refractivity (Wildman–Crippen MR) is 58.7 cm³/mol. The van der Waals surface area contributed by atoms with Crippen molar-refractivity contribution in [3.8, 4) is 0 Å². The predicted octanol–water partition coefficient (Wildman–Crippen LogP) is -0.745. The Morgan fingerprint density at radius 3 is 2.78 bits per heavy atom. The van der Waals surface area contributed by atoms with Gasteiger partial charge < -0.3 is 9.47 Å². The third kappa shape index (κ3) is 4.50. The van der Waals surface area contributed by atoms with Crippen molar-refractivity contribution in [3.63, 3.8) is 0 Å². The summed E-state index contributed by atoms with van der Waals surface area (Å²) in [5, 5.41) is 0. The van der Waals surface area contributed by atoms with Gasteiger partial charge in [0.05, 0.1) is 26.0 Å². The number of esters is 1. The molecule has 1 N–H and O–H groups in total. The van der Waals surface area contributed by atoms with Crippen LogP contribution in [0.4, 0.5) is 4.39 Å². The Morgan fingerprint density at radius 1 is 1.39 bits per heavy atom. The van der Waals surface area contributed by atoms with Crippen LogP contribution >= 0.6 is 0 Å². The molecule has 1 aromatic rings. The first-order valence-corrected chi connectivity index (χ1v) is 5.21. The van der Waals surface area contributed by atoms with Crippen molar-refractivity contribution >= 4 is 5.97 Å². The molecule has 0 amide bonds. The number of halogens is 1. The number of aromatic amines is 1. The van der Waals surface area contributed by atoms with E-state index in [1.165, 1.54) is 6.92 Å². The highest BCUT2D eigenvalue weighted by Crippen LogP contribution is 1.86. The Bertz CT molecular complexity index is 522. The average Bonchev–Trinajstić information content (AvgIpc) is 2.29. The zero-order valence-electron chi connectivity index (χ0n) is 9.77. The minimum atomic E-state index is -1.05. The average molecular weight is 260 g/mol. The number of carbonyl (C=O) groups excluding carboxylic acids is 1. The van der Waals surface area contributed by atoms with E-state index in [9.17, 15) is 18.8 Å². The molecular weight excluding hydrogens is 247 g/mol. The molecule has 0 aromatic carbocycles. The summed E-state index contributed by atoms with van der Waals surface area (Å²) in [5.74, 6) is -1.44. The van der Waals surface area contributed by atoms with Crippen LogP contribution in [0.15, 0.2) is 15.8 Å². The largest absolute Gasteiger partial charge is 0.463 e. The molecule has 0 saturated carbocycles. The van der Waals surface area contributed by atoms with Gasteiger partial charge in [-0.1, -0.05) is 0 Å². The molecule has 1 aromatic heterocycles. The zero-order chi connectivity index (χ0) is 13.5. The first-order chi connectivity index (χ1) is 8.50. The number of rotatable bonds is 6. The summed E-state index contributed by atoms with van der Waals surface area (Å²) in [6, 6.07) is 0. The molecule has 1 rings (SSSR count). The number of nitrogens with zero attached hydrogens (tertiary/aromatic N) is 1. The Labute approximate surface area is 101 Å². The molecule has 0 bridgehead atoms. The van der Waals surface area contributed by atoms with E-state index in [-0.39, 0.29) is 26.4 Å². The van der Waals surface area contributed by atoms with Gasteiger partial charge in [-0.05, 0) is 0 Å². The summed E-state index contributed by atoms with van der Waals surface area (Å²) in [4.78, 5) is 34.2. The van der Waals surface area contributed by atoms with Crippen molar-refractivity contribution in [2.45, 2.75) is 13.5 Å². The lowest BCUT2D eigenvalue weighted by Crippen LogP contribution is -2.32. The van der Waals surface area contributed by atoms with Gasteiger partial charge in [0, 0.05) is 6.92 Å². The van der Waals surface area contributed by atoms with Crippen LogP contribution in [0.3, 0.4) is 0 Å². The fraction of sp³-hybridized carbons (Fsp3) is 0.500. The molecule has 0 aliphatic carbocycles. The van der Waals surface area contributed by atoms with Crippen LogP contribution in [0.1, 0.15) is 6.92 Å². The van der Waals surface area contributed by atoms with Gasteiger partial charge in [0.15, 0.2) is 0 Å². The molecule has 0 atom stereocenters. The van der Waals surface area contributed by atoms with Crippen LogP contribution in [0, 0.1) is 5.82 Å². The Hall–Kier alpha value is -1.96. The number of nitrogens with one attached hydrogen (secondary N) is 1. The molecule has 100 valence electrons. The van der Waals surface area contributed by atoms with Crippen molar-refractivity contribution in [3.05, 3.63) is 32.9 Å². The van der Waals surface area contributed by atoms with E-state index in [0.29, 0.717) is 0 Å². The molecule has 8 heteroatoms. The number of ether oxygens (including phenoxy) is 2. The third-order valence-electron chi connectivity index (χ3n) is 1.98. The van der Waals surface area contributed by atoms with Crippen LogP contribution in [0.5, 0.6) is 0 Å². The summed E-state index contributed by atoms with van der Waals surface area (Å²) in [6.07, 6.45) is 0.816. The van der Waals surface area contributed by atoms with Crippen LogP contribution < -0.4 is 11.2 Å². The first kappa shape index (κ1) is 14.1. The maximum Gasteiger partial charge on any atom is 0.328 e. The van der Waals surface area contributed by atoms with Crippen LogP contribution in [-0.4, -0.2) is 35.3 Å². The fourth-order valence-corrected chi connectivity index (χ4v) is 1.16. The van der Waals surface area contributed by atoms with E-state index in [4.69, 9.17) is 4.74 Å². The normalized spacial score (nSPS) is 10.3. The molecule has 0 radical (unpaired) electrons. The highest BCUT2D eigenvalue weighted by atomic mass is 19.1. The van der Waals surface area contributed by atoms with Crippen LogP contribution in [0.2, 0.25) is 0 Å². The summed E-state index contributed by atoms with van der Waals surface area (Å²) in [5.41, 5.74) is -1.75. The molecule has 0 aliphatic heterocycles. The smallest absolute Gasteiger partial charge is 0.328 e. The minimum Gasteiger partial charge on any atom is -0.463 e. The monoisotopic (exact) mass is 260 g/mol. The van der Waals surface area contributed by atoms with Gasteiger partial charge in [0.25, 0.3) is 5.56 Å². The Balaban J connectivity index is 2.36. The number of hydrogen-bond acceptors (Lipinski definition) is 5. The molecule has 0 saturated heterocycles. The number of H-pyrrole nitrogens is 1. The summed E-state index contributed by atoms with van der Waals surface area (Å²) < 4.78 is 23.5. The van der Waals surface area contributed by atoms with Gasteiger partial charge >= 0.3 is 11.7 Å². The van der Waals surface area contributed by atoms with Gasteiger partial charge in [-0.3, -0.25) is 19.1 Å². The molecule has 0 fully saturated rings. The van der Waals surface area contributed by atoms with Gasteiger partial charge in [0.2, 0.25) is 5.82 Å². The molecule has 7 nitrogen and oxygen atoms in total. The van der Waals surface area contributed by atoms with Gasteiger partial charge in [-0.25, -0.2) is 4.79 Å². The summed E-state index contributed by atoms with van der Waals surface area (Å²) in [7, 11) is 0. The maximum absolute atomic E-state index is 12.9. The molecular formula is C10H13FN2O5. The van der Waals surface area contributed by atoms with Crippen molar-refractivity contribution < 1.29 is 18.7 Å². The number of carbonyl (C=O) groups is 1. The quantitative estimate of drug-likeness (QED) is 0.537. The van der Waals surface area contributed by atoms with Crippen LogP contribution in [-0.2, 0) is 20.8 Å². The Kier molecular flexibility index (Phi) is 5.25. The Morgan fingerprint density at radius 2 is 2.11 bits per heavy atom. The van der Waals surface area contributed by atoms with Gasteiger partial charge in [-0.15, -0.1) is 0 Å². The highest BCUT2D eigenvalue weighted by Gasteiger charge is 2.03.